The minimum absolute atomic E-state index is 0.0107. The Bertz CT molecular complexity index is 1020. The van der Waals surface area contributed by atoms with Gasteiger partial charge in [0.15, 0.2) is 0 Å². The number of nitrogens with two attached hydrogens (primary N) is 1. The Labute approximate surface area is 188 Å². The van der Waals surface area contributed by atoms with E-state index in [0.29, 0.717) is 12.2 Å². The van der Waals surface area contributed by atoms with E-state index in [4.69, 9.17) is 5.73 Å². The molecule has 9 nitrogen and oxygen atoms in total. The van der Waals surface area contributed by atoms with Gasteiger partial charge in [0.05, 0.1) is 17.3 Å². The number of piperidine rings is 1. The average molecular weight is 438 g/mol. The summed E-state index contributed by atoms with van der Waals surface area (Å²) in [7, 11) is 0. The molecular weight excluding hydrogens is 406 g/mol. The van der Waals surface area contributed by atoms with Crippen molar-refractivity contribution in [2.24, 2.45) is 5.92 Å². The predicted octanol–water partition coefficient (Wildman–Crippen LogP) is 2.14. The van der Waals surface area contributed by atoms with Crippen molar-refractivity contribution in [3.63, 3.8) is 0 Å². The maximum atomic E-state index is 13.0. The molecule has 2 aromatic heterocycles. The van der Waals surface area contributed by atoms with Crippen molar-refractivity contribution in [1.82, 2.24) is 19.7 Å². The molecule has 1 aliphatic carbocycles. The van der Waals surface area contributed by atoms with E-state index in [1.54, 1.807) is 4.68 Å². The third-order valence-corrected chi connectivity index (χ3v) is 6.98. The van der Waals surface area contributed by atoms with E-state index < -0.39 is 5.54 Å². The molecule has 5 rings (SSSR count). The number of nitrogens with zero attached hydrogens (tertiary/aromatic N) is 5. The van der Waals surface area contributed by atoms with Gasteiger partial charge in [-0.1, -0.05) is 0 Å². The highest BCUT2D eigenvalue weighted by molar-refractivity contribution is 6.00. The van der Waals surface area contributed by atoms with E-state index in [-0.39, 0.29) is 23.6 Å². The highest BCUT2D eigenvalue weighted by Crippen LogP contribution is 2.44. The van der Waals surface area contributed by atoms with Crippen LogP contribution < -0.4 is 16.0 Å². The highest BCUT2D eigenvalue weighted by atomic mass is 16.2. The number of pyridine rings is 1. The van der Waals surface area contributed by atoms with Gasteiger partial charge in [0, 0.05) is 32.4 Å². The molecule has 9 heteroatoms. The Balaban J connectivity index is 1.26. The number of aryl methyl sites for hydroxylation is 1. The van der Waals surface area contributed by atoms with Crippen LogP contribution in [-0.2, 0) is 15.1 Å². The van der Waals surface area contributed by atoms with Gasteiger partial charge in [0.2, 0.25) is 5.91 Å². The van der Waals surface area contributed by atoms with Crippen molar-refractivity contribution in [1.29, 1.82) is 0 Å². The summed E-state index contributed by atoms with van der Waals surface area (Å²) in [6, 6.07) is 5.59. The van der Waals surface area contributed by atoms with Gasteiger partial charge in [0.1, 0.15) is 17.2 Å². The molecule has 4 heterocycles. The molecule has 0 aromatic carbocycles. The van der Waals surface area contributed by atoms with Crippen molar-refractivity contribution < 1.29 is 9.59 Å². The van der Waals surface area contributed by atoms with Crippen molar-refractivity contribution in [2.75, 3.05) is 42.1 Å². The van der Waals surface area contributed by atoms with Crippen molar-refractivity contribution in [3.05, 3.63) is 30.1 Å². The van der Waals surface area contributed by atoms with E-state index in [1.165, 1.54) is 0 Å². The molecule has 2 saturated heterocycles. The van der Waals surface area contributed by atoms with Crippen LogP contribution in [-0.4, -0.2) is 57.7 Å². The molecule has 0 spiro atoms. The first-order valence-corrected chi connectivity index (χ1v) is 11.6. The number of hydrogen-bond acceptors (Lipinski definition) is 6. The second kappa shape index (κ2) is 8.11. The number of hydrogen-bond donors (Lipinski definition) is 2. The molecule has 2 aromatic rings. The van der Waals surface area contributed by atoms with Gasteiger partial charge in [-0.2, -0.15) is 5.10 Å². The zero-order valence-electron chi connectivity index (χ0n) is 18.6. The van der Waals surface area contributed by atoms with E-state index in [9.17, 15) is 9.59 Å². The number of aromatic nitrogens is 3. The lowest BCUT2D eigenvalue weighted by Crippen LogP contribution is -2.44. The zero-order chi connectivity index (χ0) is 22.3. The predicted molar refractivity (Wildman–Crippen MR) is 122 cm³/mol. The van der Waals surface area contributed by atoms with Crippen molar-refractivity contribution in [2.45, 2.75) is 51.0 Å². The fourth-order valence-electron chi connectivity index (χ4n) is 4.90. The summed E-state index contributed by atoms with van der Waals surface area (Å²) in [6.45, 7) is 5.19. The molecular formula is C23H31N7O2. The molecule has 170 valence electrons. The summed E-state index contributed by atoms with van der Waals surface area (Å²) >= 11 is 0. The smallest absolute Gasteiger partial charge is 0.252 e. The van der Waals surface area contributed by atoms with Gasteiger partial charge in [-0.25, -0.2) is 4.98 Å². The third-order valence-electron chi connectivity index (χ3n) is 6.98. The number of anilines is 3. The van der Waals surface area contributed by atoms with E-state index in [2.05, 4.69) is 20.3 Å². The number of carbonyl (C=O) groups is 2. The normalized spacial score (nSPS) is 22.1. The van der Waals surface area contributed by atoms with Crippen LogP contribution in [0.3, 0.4) is 0 Å². The quantitative estimate of drug-likeness (QED) is 0.742. The number of likely N-dealkylation sites (tertiary alicyclic amines) is 1. The minimum atomic E-state index is -0.630. The summed E-state index contributed by atoms with van der Waals surface area (Å²) < 4.78 is 1.75. The summed E-state index contributed by atoms with van der Waals surface area (Å²) in [5.41, 5.74) is 6.99. The molecule has 1 unspecified atom stereocenters. The zero-order valence-corrected chi connectivity index (χ0v) is 18.6. The average Bonchev–Trinajstić information content (AvgIpc) is 3.20. The Morgan fingerprint density at radius 1 is 1.12 bits per heavy atom. The SMILES string of the molecule is Cc1ccn(C2(C(=O)Nc3ccc(N4CCCC(C(=O)N5CCCC5)C4)nc3N)CC2)n1. The Morgan fingerprint density at radius 2 is 1.91 bits per heavy atom. The van der Waals surface area contributed by atoms with Gasteiger partial charge in [-0.3, -0.25) is 14.3 Å². The monoisotopic (exact) mass is 437 g/mol. The van der Waals surface area contributed by atoms with Crippen molar-refractivity contribution in [3.8, 4) is 0 Å². The van der Waals surface area contributed by atoms with E-state index in [1.807, 2.05) is 36.2 Å². The summed E-state index contributed by atoms with van der Waals surface area (Å²) in [5.74, 6) is 1.21. The van der Waals surface area contributed by atoms with Gasteiger partial charge in [-0.15, -0.1) is 0 Å². The third kappa shape index (κ3) is 3.80. The van der Waals surface area contributed by atoms with Crippen LogP contribution >= 0.6 is 0 Å². The minimum Gasteiger partial charge on any atom is -0.382 e. The molecule has 3 fully saturated rings. The van der Waals surface area contributed by atoms with Gasteiger partial charge in [-0.05, 0) is 63.6 Å². The van der Waals surface area contributed by atoms with E-state index >= 15 is 0 Å². The largest absolute Gasteiger partial charge is 0.382 e. The van der Waals surface area contributed by atoms with Crippen LogP contribution in [0, 0.1) is 12.8 Å². The maximum absolute atomic E-state index is 13.0. The molecule has 3 N–H and O–H groups in total. The number of nitrogen functional groups attached to an aromatic ring is 1. The van der Waals surface area contributed by atoms with Gasteiger partial charge in [0.25, 0.3) is 5.91 Å². The van der Waals surface area contributed by atoms with Gasteiger partial charge < -0.3 is 20.9 Å². The standard InChI is InChI=1S/C23H31N7O2/c1-16-8-14-30(27-16)23(9-10-23)22(32)25-18-6-7-19(26-20(18)24)29-13-4-5-17(15-29)21(31)28-11-2-3-12-28/h6-8,14,17H,2-5,9-13,15H2,1H3,(H2,24,26)(H,25,32). The summed E-state index contributed by atoms with van der Waals surface area (Å²) in [5, 5.41) is 7.37. The lowest BCUT2D eigenvalue weighted by Gasteiger charge is -2.34. The molecule has 2 amide bonds. The first-order valence-electron chi connectivity index (χ1n) is 11.6. The molecule has 32 heavy (non-hydrogen) atoms. The maximum Gasteiger partial charge on any atom is 0.252 e. The second-order valence-corrected chi connectivity index (χ2v) is 9.31. The molecule has 3 aliphatic rings. The van der Waals surface area contributed by atoms with Crippen LogP contribution in [0.1, 0.15) is 44.2 Å². The Hall–Kier alpha value is -3.10. The van der Waals surface area contributed by atoms with E-state index in [0.717, 1.165) is 69.7 Å². The fourth-order valence-corrected chi connectivity index (χ4v) is 4.90. The topological polar surface area (TPSA) is 109 Å². The molecule has 1 saturated carbocycles. The summed E-state index contributed by atoms with van der Waals surface area (Å²) in [4.78, 5) is 34.5. The molecule has 1 atom stereocenters. The fraction of sp³-hybridized carbons (Fsp3) is 0.565. The first-order chi connectivity index (χ1) is 15.5. The second-order valence-electron chi connectivity index (χ2n) is 9.31. The lowest BCUT2D eigenvalue weighted by molar-refractivity contribution is -0.134. The van der Waals surface area contributed by atoms with Crippen LogP contribution in [0.4, 0.5) is 17.3 Å². The number of carbonyl (C=O) groups excluding carboxylic acids is 2. The number of amides is 2. The van der Waals surface area contributed by atoms with Crippen molar-refractivity contribution >= 4 is 29.1 Å². The number of nitrogens with one attached hydrogen (secondary N) is 1. The Kier molecular flexibility index (Phi) is 5.27. The lowest BCUT2D eigenvalue weighted by atomic mass is 9.96. The number of rotatable bonds is 5. The molecule has 0 bridgehead atoms. The van der Waals surface area contributed by atoms with Crippen LogP contribution in [0.15, 0.2) is 24.4 Å². The highest BCUT2D eigenvalue weighted by Gasteiger charge is 2.52. The summed E-state index contributed by atoms with van der Waals surface area (Å²) in [6.07, 6.45) is 7.45. The molecule has 2 aliphatic heterocycles. The van der Waals surface area contributed by atoms with Crippen LogP contribution in [0.5, 0.6) is 0 Å². The van der Waals surface area contributed by atoms with Crippen LogP contribution in [0.25, 0.3) is 0 Å². The molecule has 0 radical (unpaired) electrons. The first kappa shape index (κ1) is 20.8. The Morgan fingerprint density at radius 3 is 2.56 bits per heavy atom. The van der Waals surface area contributed by atoms with Gasteiger partial charge >= 0.3 is 0 Å². The van der Waals surface area contributed by atoms with Crippen LogP contribution in [0.2, 0.25) is 0 Å².